The molecule has 2 aromatic rings. The van der Waals surface area contributed by atoms with E-state index < -0.39 is 5.91 Å². The fourth-order valence-electron chi connectivity index (χ4n) is 3.21. The van der Waals surface area contributed by atoms with Crippen molar-refractivity contribution in [1.82, 2.24) is 10.2 Å². The summed E-state index contributed by atoms with van der Waals surface area (Å²) < 4.78 is 0. The summed E-state index contributed by atoms with van der Waals surface area (Å²) >= 11 is 17.1. The molecule has 5 nitrogen and oxygen atoms in total. The summed E-state index contributed by atoms with van der Waals surface area (Å²) in [7, 11) is 0. The quantitative estimate of drug-likeness (QED) is 0.636. The van der Waals surface area contributed by atoms with Crippen LogP contribution in [-0.4, -0.2) is 34.9 Å². The number of carbonyl (C=O) groups is 2. The molecule has 152 valence electrons. The normalized spacial score (nSPS) is 14.1. The van der Waals surface area contributed by atoms with Gasteiger partial charge in [0.05, 0.1) is 0 Å². The average Bonchev–Trinajstić information content (AvgIpc) is 2.96. The molecule has 0 unspecified atom stereocenters. The van der Waals surface area contributed by atoms with E-state index in [0.29, 0.717) is 26.9 Å². The van der Waals surface area contributed by atoms with E-state index in [9.17, 15) is 9.59 Å². The smallest absolute Gasteiger partial charge is 0.257 e. The first kappa shape index (κ1) is 21.6. The molecule has 2 aromatic carbocycles. The minimum absolute atomic E-state index is 0.0130. The van der Waals surface area contributed by atoms with Crippen LogP contribution < -0.4 is 10.6 Å². The third kappa shape index (κ3) is 6.16. The van der Waals surface area contributed by atoms with Crippen molar-refractivity contribution in [3.63, 3.8) is 0 Å². The number of thiocarbonyl (C=S) groups is 1. The molecular formula is C21H21Cl2N3O2S. The van der Waals surface area contributed by atoms with E-state index in [0.717, 1.165) is 38.8 Å². The monoisotopic (exact) mass is 449 g/mol. The van der Waals surface area contributed by atoms with Gasteiger partial charge in [-0.05, 0) is 61.5 Å². The predicted molar refractivity (Wildman–Crippen MR) is 121 cm³/mol. The summed E-state index contributed by atoms with van der Waals surface area (Å²) in [5.74, 6) is -0.414. The SMILES string of the molecule is O=C(NC(=S)Nc1cccc(C(=O)N2CCCCCC2)c1)c1cc(Cl)cc(Cl)c1. The van der Waals surface area contributed by atoms with Crippen molar-refractivity contribution < 1.29 is 9.59 Å². The Labute approximate surface area is 185 Å². The molecule has 1 saturated heterocycles. The van der Waals surface area contributed by atoms with E-state index >= 15 is 0 Å². The predicted octanol–water partition coefficient (Wildman–Crippen LogP) is 5.14. The van der Waals surface area contributed by atoms with E-state index in [4.69, 9.17) is 35.4 Å². The maximum atomic E-state index is 12.8. The van der Waals surface area contributed by atoms with Crippen LogP contribution in [0.4, 0.5) is 5.69 Å². The number of amides is 2. The van der Waals surface area contributed by atoms with Crippen molar-refractivity contribution in [2.24, 2.45) is 0 Å². The lowest BCUT2D eigenvalue weighted by atomic mass is 10.1. The van der Waals surface area contributed by atoms with Crippen molar-refractivity contribution >= 4 is 58.0 Å². The standard InChI is InChI=1S/C21H21Cl2N3O2S/c22-16-10-15(11-17(23)13-16)19(27)25-21(29)24-18-7-5-6-14(12-18)20(28)26-8-3-1-2-4-9-26/h5-7,10-13H,1-4,8-9H2,(H2,24,25,27,29). The van der Waals surface area contributed by atoms with Crippen LogP contribution in [0, 0.1) is 0 Å². The summed E-state index contributed by atoms with van der Waals surface area (Å²) in [5, 5.41) is 6.37. The third-order valence-electron chi connectivity index (χ3n) is 4.61. The summed E-state index contributed by atoms with van der Waals surface area (Å²) in [4.78, 5) is 27.0. The number of hydrogen-bond acceptors (Lipinski definition) is 3. The van der Waals surface area contributed by atoms with Crippen molar-refractivity contribution in [3.8, 4) is 0 Å². The van der Waals surface area contributed by atoms with Crippen LogP contribution in [0.5, 0.6) is 0 Å². The summed E-state index contributed by atoms with van der Waals surface area (Å²) in [5.41, 5.74) is 1.52. The Balaban J connectivity index is 1.64. The molecule has 0 saturated carbocycles. The minimum atomic E-state index is -0.427. The first-order valence-electron chi connectivity index (χ1n) is 9.40. The molecule has 0 spiro atoms. The Morgan fingerprint density at radius 2 is 1.55 bits per heavy atom. The minimum Gasteiger partial charge on any atom is -0.339 e. The van der Waals surface area contributed by atoms with Crippen molar-refractivity contribution in [3.05, 3.63) is 63.6 Å². The molecule has 2 amide bonds. The number of halogens is 2. The number of nitrogens with one attached hydrogen (secondary N) is 2. The first-order chi connectivity index (χ1) is 13.9. The Morgan fingerprint density at radius 1 is 0.897 bits per heavy atom. The highest BCUT2D eigenvalue weighted by molar-refractivity contribution is 7.80. The molecule has 1 aliphatic rings. The van der Waals surface area contributed by atoms with Crippen molar-refractivity contribution in [2.45, 2.75) is 25.7 Å². The highest BCUT2D eigenvalue weighted by atomic mass is 35.5. The Kier molecular flexibility index (Phi) is 7.47. The van der Waals surface area contributed by atoms with Crippen molar-refractivity contribution in [2.75, 3.05) is 18.4 Å². The second kappa shape index (κ2) is 10.1. The number of rotatable bonds is 3. The van der Waals surface area contributed by atoms with Crippen LogP contribution in [0.25, 0.3) is 0 Å². The fourth-order valence-corrected chi connectivity index (χ4v) is 3.95. The topological polar surface area (TPSA) is 61.4 Å². The molecule has 0 bridgehead atoms. The zero-order valence-electron chi connectivity index (χ0n) is 15.7. The van der Waals surface area contributed by atoms with Gasteiger partial charge in [0, 0.05) is 39.9 Å². The number of hydrogen-bond donors (Lipinski definition) is 2. The van der Waals surface area contributed by atoms with E-state index in [1.807, 2.05) is 4.90 Å². The van der Waals surface area contributed by atoms with Gasteiger partial charge in [0.2, 0.25) is 0 Å². The average molecular weight is 450 g/mol. The lowest BCUT2D eigenvalue weighted by molar-refractivity contribution is 0.0761. The van der Waals surface area contributed by atoms with E-state index in [2.05, 4.69) is 10.6 Å². The molecule has 0 aromatic heterocycles. The molecule has 3 rings (SSSR count). The van der Waals surface area contributed by atoms with Gasteiger partial charge in [-0.2, -0.15) is 0 Å². The molecule has 1 aliphatic heterocycles. The number of nitrogens with zero attached hydrogens (tertiary/aromatic N) is 1. The lowest BCUT2D eigenvalue weighted by Gasteiger charge is -2.20. The molecule has 0 radical (unpaired) electrons. The van der Waals surface area contributed by atoms with Crippen LogP contribution in [0.1, 0.15) is 46.4 Å². The Hall–Kier alpha value is -2.15. The van der Waals surface area contributed by atoms with Gasteiger partial charge in [0.1, 0.15) is 0 Å². The number of anilines is 1. The van der Waals surface area contributed by atoms with E-state index in [-0.39, 0.29) is 11.0 Å². The molecule has 1 fully saturated rings. The van der Waals surface area contributed by atoms with Gasteiger partial charge in [-0.3, -0.25) is 14.9 Å². The molecule has 0 aliphatic carbocycles. The summed E-state index contributed by atoms with van der Waals surface area (Å²) in [6.45, 7) is 1.57. The van der Waals surface area contributed by atoms with Crippen LogP contribution >= 0.6 is 35.4 Å². The summed E-state index contributed by atoms with van der Waals surface area (Å²) in [6.07, 6.45) is 4.40. The Bertz CT molecular complexity index is 908. The first-order valence-corrected chi connectivity index (χ1v) is 10.6. The second-order valence-electron chi connectivity index (χ2n) is 6.85. The van der Waals surface area contributed by atoms with Gasteiger partial charge < -0.3 is 10.2 Å². The maximum absolute atomic E-state index is 12.8. The molecule has 2 N–H and O–H groups in total. The number of likely N-dealkylation sites (tertiary alicyclic amines) is 1. The molecule has 0 atom stereocenters. The second-order valence-corrected chi connectivity index (χ2v) is 8.13. The van der Waals surface area contributed by atoms with Crippen molar-refractivity contribution in [1.29, 1.82) is 0 Å². The van der Waals surface area contributed by atoms with Gasteiger partial charge in [-0.15, -0.1) is 0 Å². The summed E-state index contributed by atoms with van der Waals surface area (Å²) in [6, 6.07) is 11.7. The zero-order chi connectivity index (χ0) is 20.8. The van der Waals surface area contributed by atoms with Gasteiger partial charge in [-0.1, -0.05) is 42.1 Å². The van der Waals surface area contributed by atoms with Crippen LogP contribution in [0.2, 0.25) is 10.0 Å². The van der Waals surface area contributed by atoms with Crippen LogP contribution in [0.3, 0.4) is 0 Å². The van der Waals surface area contributed by atoms with Gasteiger partial charge in [0.25, 0.3) is 11.8 Å². The highest BCUT2D eigenvalue weighted by Gasteiger charge is 2.18. The largest absolute Gasteiger partial charge is 0.339 e. The third-order valence-corrected chi connectivity index (χ3v) is 5.25. The Morgan fingerprint density at radius 3 is 2.21 bits per heavy atom. The molecular weight excluding hydrogens is 429 g/mol. The lowest BCUT2D eigenvalue weighted by Crippen LogP contribution is -2.34. The fraction of sp³-hybridized carbons (Fsp3) is 0.286. The van der Waals surface area contributed by atoms with Crippen LogP contribution in [-0.2, 0) is 0 Å². The van der Waals surface area contributed by atoms with E-state index in [1.54, 1.807) is 30.3 Å². The molecule has 29 heavy (non-hydrogen) atoms. The zero-order valence-corrected chi connectivity index (χ0v) is 18.0. The van der Waals surface area contributed by atoms with Gasteiger partial charge in [-0.25, -0.2) is 0 Å². The molecule has 8 heteroatoms. The van der Waals surface area contributed by atoms with E-state index in [1.165, 1.54) is 12.1 Å². The number of carbonyl (C=O) groups excluding carboxylic acids is 2. The maximum Gasteiger partial charge on any atom is 0.257 e. The number of benzene rings is 2. The van der Waals surface area contributed by atoms with Gasteiger partial charge >= 0.3 is 0 Å². The highest BCUT2D eigenvalue weighted by Crippen LogP contribution is 2.19. The van der Waals surface area contributed by atoms with Crippen LogP contribution in [0.15, 0.2) is 42.5 Å². The molecule has 1 heterocycles. The van der Waals surface area contributed by atoms with Gasteiger partial charge in [0.15, 0.2) is 5.11 Å².